The van der Waals surface area contributed by atoms with Gasteiger partial charge in [-0.3, -0.25) is 9.89 Å². The molecule has 3 N–H and O–H groups in total. The molecular weight excluding hydrogens is 432 g/mol. The Hall–Kier alpha value is -4.14. The minimum absolute atomic E-state index is 0.0772. The van der Waals surface area contributed by atoms with Crippen LogP contribution >= 0.6 is 0 Å². The maximum absolute atomic E-state index is 12.1. The number of rotatable bonds is 8. The Kier molecular flexibility index (Phi) is 6.62. The molecule has 0 atom stereocenters. The minimum Gasteiger partial charge on any atom is -0.494 e. The molecule has 0 aliphatic rings. The van der Waals surface area contributed by atoms with Crippen LogP contribution in [-0.2, 0) is 4.79 Å². The molecule has 0 aliphatic carbocycles. The van der Waals surface area contributed by atoms with Crippen molar-refractivity contribution in [2.45, 2.75) is 33.2 Å². The average molecular weight is 461 g/mol. The van der Waals surface area contributed by atoms with E-state index in [0.717, 1.165) is 22.2 Å². The monoisotopic (exact) mass is 460 g/mol. The van der Waals surface area contributed by atoms with E-state index in [0.29, 0.717) is 29.8 Å². The molecule has 0 fully saturated rings. The largest absolute Gasteiger partial charge is 0.494 e. The van der Waals surface area contributed by atoms with E-state index >= 15 is 0 Å². The Balaban J connectivity index is 1.65. The number of ether oxygens (including phenoxy) is 2. The third-order valence-electron chi connectivity index (χ3n) is 4.71. The second-order valence-electron chi connectivity index (χ2n) is 8.72. The third kappa shape index (κ3) is 5.80. The van der Waals surface area contributed by atoms with Gasteiger partial charge in [0.25, 0.3) is 5.91 Å². The molecular formula is C25H28N6O3. The number of amides is 1. The Labute approximate surface area is 197 Å². The van der Waals surface area contributed by atoms with E-state index in [2.05, 4.69) is 20.8 Å². The van der Waals surface area contributed by atoms with Gasteiger partial charge in [0, 0.05) is 22.6 Å². The second kappa shape index (κ2) is 9.78. The van der Waals surface area contributed by atoms with Crippen molar-refractivity contribution >= 4 is 28.4 Å². The molecule has 2 aromatic heterocycles. The predicted molar refractivity (Wildman–Crippen MR) is 131 cm³/mol. The predicted octanol–water partition coefficient (Wildman–Crippen LogP) is 4.46. The summed E-state index contributed by atoms with van der Waals surface area (Å²) in [6.07, 6.45) is 1.66. The van der Waals surface area contributed by atoms with Gasteiger partial charge in [0.15, 0.2) is 12.4 Å². The molecule has 9 nitrogen and oxygen atoms in total. The minimum atomic E-state index is -0.318. The van der Waals surface area contributed by atoms with Crippen LogP contribution in [0.4, 0.5) is 11.6 Å². The van der Waals surface area contributed by atoms with Crippen molar-refractivity contribution in [3.05, 3.63) is 54.7 Å². The molecule has 0 saturated heterocycles. The van der Waals surface area contributed by atoms with Crippen molar-refractivity contribution in [1.29, 1.82) is 0 Å². The third-order valence-corrected chi connectivity index (χ3v) is 4.71. The first kappa shape index (κ1) is 23.0. The highest BCUT2D eigenvalue weighted by atomic mass is 16.5. The van der Waals surface area contributed by atoms with Crippen LogP contribution in [0.3, 0.4) is 0 Å². The second-order valence-corrected chi connectivity index (χ2v) is 8.72. The van der Waals surface area contributed by atoms with Gasteiger partial charge in [-0.25, -0.2) is 9.97 Å². The summed E-state index contributed by atoms with van der Waals surface area (Å²) in [5.41, 5.74) is 1.20. The number of anilines is 2. The van der Waals surface area contributed by atoms with Crippen molar-refractivity contribution in [3.8, 4) is 22.9 Å². The molecule has 0 spiro atoms. The van der Waals surface area contributed by atoms with Gasteiger partial charge < -0.3 is 20.1 Å². The van der Waals surface area contributed by atoms with Gasteiger partial charge >= 0.3 is 0 Å². The van der Waals surface area contributed by atoms with Gasteiger partial charge in [0.2, 0.25) is 0 Å². The number of fused-ring (bicyclic) bond motifs is 1. The van der Waals surface area contributed by atoms with Crippen LogP contribution in [0.5, 0.6) is 11.5 Å². The summed E-state index contributed by atoms with van der Waals surface area (Å²) in [6, 6.07) is 14.9. The number of hydrogen-bond donors (Lipinski definition) is 3. The van der Waals surface area contributed by atoms with Crippen molar-refractivity contribution in [2.75, 3.05) is 18.5 Å². The molecule has 2 aromatic carbocycles. The summed E-state index contributed by atoms with van der Waals surface area (Å²) < 4.78 is 11.4. The fraction of sp³-hybridized carbons (Fsp3) is 0.280. The molecule has 0 radical (unpaired) electrons. The first-order valence-corrected chi connectivity index (χ1v) is 11.1. The zero-order chi connectivity index (χ0) is 24.1. The number of carbonyl (C=O) groups is 1. The Morgan fingerprint density at radius 3 is 2.59 bits per heavy atom. The van der Waals surface area contributed by atoms with E-state index in [1.165, 1.54) is 0 Å². The quantitative estimate of drug-likeness (QED) is 0.356. The summed E-state index contributed by atoms with van der Waals surface area (Å²) in [7, 11) is 0. The molecule has 0 bridgehead atoms. The summed E-state index contributed by atoms with van der Waals surface area (Å²) in [6.45, 7) is 8.20. The van der Waals surface area contributed by atoms with Gasteiger partial charge in [-0.1, -0.05) is 12.1 Å². The first-order valence-electron chi connectivity index (χ1n) is 11.1. The number of aromatic amines is 1. The van der Waals surface area contributed by atoms with Gasteiger partial charge in [-0.2, -0.15) is 5.10 Å². The summed E-state index contributed by atoms with van der Waals surface area (Å²) in [4.78, 5) is 21.6. The topological polar surface area (TPSA) is 114 Å². The number of nitrogens with zero attached hydrogens (tertiary/aromatic N) is 3. The zero-order valence-corrected chi connectivity index (χ0v) is 19.7. The number of H-pyrrole nitrogens is 1. The molecule has 0 unspecified atom stereocenters. The highest BCUT2D eigenvalue weighted by Gasteiger charge is 2.15. The summed E-state index contributed by atoms with van der Waals surface area (Å²) in [5, 5.41) is 13.9. The van der Waals surface area contributed by atoms with Gasteiger partial charge in [-0.15, -0.1) is 0 Å². The van der Waals surface area contributed by atoms with Crippen LogP contribution in [0.25, 0.3) is 22.3 Å². The van der Waals surface area contributed by atoms with Crippen LogP contribution in [0.1, 0.15) is 27.7 Å². The first-order chi connectivity index (χ1) is 16.3. The molecule has 1 amide bonds. The number of carbonyl (C=O) groups excluding carboxylic acids is 1. The fourth-order valence-electron chi connectivity index (χ4n) is 3.37. The van der Waals surface area contributed by atoms with Crippen molar-refractivity contribution < 1.29 is 14.3 Å². The van der Waals surface area contributed by atoms with Gasteiger partial charge in [0.1, 0.15) is 23.1 Å². The standard InChI is InChI=1S/C25H28N6O3/c1-5-33-18-9-10-20-19(14-18)24(28-21-11-12-26-31-21)29-23(27-20)16-7-6-8-17(13-16)34-15-22(32)30-25(2,3)4/h6-14H,5,15H2,1-4H3,(H,30,32)(H2,26,27,28,29,31). The maximum Gasteiger partial charge on any atom is 0.258 e. The van der Waals surface area contributed by atoms with E-state index in [1.807, 2.05) is 70.2 Å². The highest BCUT2D eigenvalue weighted by Crippen LogP contribution is 2.30. The van der Waals surface area contributed by atoms with E-state index in [9.17, 15) is 4.79 Å². The SMILES string of the molecule is CCOc1ccc2nc(-c3cccc(OCC(=O)NC(C)(C)C)c3)nc(Nc3ccn[nH]3)c2c1. The number of aromatic nitrogens is 4. The Bertz CT molecular complexity index is 1280. The summed E-state index contributed by atoms with van der Waals surface area (Å²) >= 11 is 0. The van der Waals surface area contributed by atoms with E-state index in [-0.39, 0.29) is 18.1 Å². The average Bonchev–Trinajstić information content (AvgIpc) is 3.30. The van der Waals surface area contributed by atoms with Crippen LogP contribution < -0.4 is 20.1 Å². The maximum atomic E-state index is 12.1. The molecule has 176 valence electrons. The lowest BCUT2D eigenvalue weighted by atomic mass is 10.1. The molecule has 2 heterocycles. The smallest absolute Gasteiger partial charge is 0.258 e. The van der Waals surface area contributed by atoms with E-state index in [1.54, 1.807) is 12.3 Å². The molecule has 4 aromatic rings. The van der Waals surface area contributed by atoms with Crippen LogP contribution in [0, 0.1) is 0 Å². The normalized spacial score (nSPS) is 11.3. The molecule has 0 aliphatic heterocycles. The lowest BCUT2D eigenvalue weighted by Crippen LogP contribution is -2.43. The number of benzene rings is 2. The lowest BCUT2D eigenvalue weighted by molar-refractivity contribution is -0.124. The van der Waals surface area contributed by atoms with Gasteiger partial charge in [0.05, 0.1) is 18.3 Å². The number of hydrogen-bond acceptors (Lipinski definition) is 7. The summed E-state index contributed by atoms with van der Waals surface area (Å²) in [5.74, 6) is 2.94. The highest BCUT2D eigenvalue weighted by molar-refractivity contribution is 5.93. The fourth-order valence-corrected chi connectivity index (χ4v) is 3.37. The molecule has 9 heteroatoms. The Morgan fingerprint density at radius 1 is 1.03 bits per heavy atom. The molecule has 34 heavy (non-hydrogen) atoms. The Morgan fingerprint density at radius 2 is 1.85 bits per heavy atom. The van der Waals surface area contributed by atoms with Gasteiger partial charge in [-0.05, 0) is 58.0 Å². The lowest BCUT2D eigenvalue weighted by Gasteiger charge is -2.20. The van der Waals surface area contributed by atoms with Crippen molar-refractivity contribution in [1.82, 2.24) is 25.5 Å². The van der Waals surface area contributed by atoms with Crippen molar-refractivity contribution in [2.24, 2.45) is 0 Å². The zero-order valence-electron chi connectivity index (χ0n) is 19.7. The van der Waals surface area contributed by atoms with Crippen LogP contribution in [0.15, 0.2) is 54.7 Å². The van der Waals surface area contributed by atoms with Crippen LogP contribution in [-0.4, -0.2) is 44.8 Å². The van der Waals surface area contributed by atoms with E-state index < -0.39 is 0 Å². The van der Waals surface area contributed by atoms with E-state index in [4.69, 9.17) is 19.4 Å². The van der Waals surface area contributed by atoms with Crippen LogP contribution in [0.2, 0.25) is 0 Å². The van der Waals surface area contributed by atoms with Crippen molar-refractivity contribution in [3.63, 3.8) is 0 Å². The molecule has 4 rings (SSSR count). The number of nitrogens with one attached hydrogen (secondary N) is 3. The molecule has 0 saturated carbocycles.